The normalized spacial score (nSPS) is 31.5. The van der Waals surface area contributed by atoms with Gasteiger partial charge in [0.1, 0.15) is 6.04 Å². The average Bonchev–Trinajstić information content (AvgIpc) is 2.37. The van der Waals surface area contributed by atoms with Gasteiger partial charge in [0.05, 0.1) is 11.4 Å². The average molecular weight is 154 g/mol. The van der Waals surface area contributed by atoms with Crippen LogP contribution in [0.15, 0.2) is 12.7 Å². The van der Waals surface area contributed by atoms with E-state index in [1.807, 2.05) is 6.08 Å². The minimum Gasteiger partial charge on any atom is -0.289 e. The van der Waals surface area contributed by atoms with Crippen LogP contribution in [0.1, 0.15) is 6.42 Å². The van der Waals surface area contributed by atoms with Gasteiger partial charge in [-0.05, 0) is 6.42 Å². The van der Waals surface area contributed by atoms with Crippen LogP contribution in [0.4, 0.5) is 0 Å². The van der Waals surface area contributed by atoms with E-state index in [4.69, 9.17) is 5.26 Å². The van der Waals surface area contributed by atoms with Crippen LogP contribution in [-0.2, 0) is 0 Å². The topological polar surface area (TPSA) is 35.8 Å². The summed E-state index contributed by atoms with van der Waals surface area (Å²) in [6, 6.07) is 2.24. The number of nitrogens with one attached hydrogen (secondary N) is 1. The Morgan fingerprint density at radius 2 is 2.70 bits per heavy atom. The van der Waals surface area contributed by atoms with E-state index in [-0.39, 0.29) is 6.04 Å². The molecular weight excluding hydrogens is 144 g/mol. The molecule has 0 aromatic rings. The van der Waals surface area contributed by atoms with Crippen LogP contribution in [-0.4, -0.2) is 17.2 Å². The minimum atomic E-state index is 0.0509. The van der Waals surface area contributed by atoms with Gasteiger partial charge in [0.15, 0.2) is 0 Å². The molecule has 1 aliphatic rings. The molecule has 1 aliphatic heterocycles. The minimum absolute atomic E-state index is 0.0509. The summed E-state index contributed by atoms with van der Waals surface area (Å²) < 4.78 is 0. The second-order valence-electron chi connectivity index (χ2n) is 2.19. The molecule has 0 amide bonds. The third kappa shape index (κ3) is 1.76. The summed E-state index contributed by atoms with van der Waals surface area (Å²) in [5, 5.41) is 12.1. The van der Waals surface area contributed by atoms with Crippen LogP contribution in [0.5, 0.6) is 0 Å². The Morgan fingerprint density at radius 3 is 3.20 bits per heavy atom. The van der Waals surface area contributed by atoms with Crippen LogP contribution < -0.4 is 5.32 Å². The quantitative estimate of drug-likeness (QED) is 0.605. The number of nitrogens with zero attached hydrogens (tertiary/aromatic N) is 1. The highest BCUT2D eigenvalue weighted by Crippen LogP contribution is 2.20. The third-order valence-corrected chi connectivity index (χ3v) is 2.64. The predicted molar refractivity (Wildman–Crippen MR) is 43.6 cm³/mol. The summed E-state index contributed by atoms with van der Waals surface area (Å²) >= 11 is 1.79. The molecule has 0 bridgehead atoms. The van der Waals surface area contributed by atoms with Crippen molar-refractivity contribution in [3.63, 3.8) is 0 Å². The molecule has 0 aliphatic carbocycles. The van der Waals surface area contributed by atoms with Crippen molar-refractivity contribution in [3.8, 4) is 6.07 Å². The molecule has 2 atom stereocenters. The van der Waals surface area contributed by atoms with Crippen LogP contribution in [0.3, 0.4) is 0 Å². The van der Waals surface area contributed by atoms with E-state index in [0.29, 0.717) is 5.37 Å². The molecule has 1 fully saturated rings. The molecule has 0 radical (unpaired) electrons. The number of hydrogen-bond donors (Lipinski definition) is 1. The number of thioether (sulfide) groups is 1. The summed E-state index contributed by atoms with van der Waals surface area (Å²) in [5.41, 5.74) is 0. The summed E-state index contributed by atoms with van der Waals surface area (Å²) in [6.45, 7) is 3.64. The van der Waals surface area contributed by atoms with E-state index in [9.17, 15) is 0 Å². The molecule has 1 saturated heterocycles. The van der Waals surface area contributed by atoms with E-state index in [0.717, 1.165) is 12.2 Å². The van der Waals surface area contributed by atoms with Crippen LogP contribution in [0.25, 0.3) is 0 Å². The summed E-state index contributed by atoms with van der Waals surface area (Å²) in [7, 11) is 0. The van der Waals surface area contributed by atoms with Gasteiger partial charge >= 0.3 is 0 Å². The molecule has 0 spiro atoms. The van der Waals surface area contributed by atoms with E-state index in [1.54, 1.807) is 11.8 Å². The van der Waals surface area contributed by atoms with Gasteiger partial charge < -0.3 is 0 Å². The molecule has 1 heterocycles. The van der Waals surface area contributed by atoms with Gasteiger partial charge in [-0.1, -0.05) is 6.08 Å². The highest BCUT2D eigenvalue weighted by Gasteiger charge is 2.21. The maximum atomic E-state index is 8.50. The molecule has 3 heteroatoms. The monoisotopic (exact) mass is 154 g/mol. The molecule has 0 saturated carbocycles. The van der Waals surface area contributed by atoms with Crippen molar-refractivity contribution in [2.75, 3.05) is 5.75 Å². The standard InChI is InChI=1S/C7H10N2S/c1-2-3-7-9-6(4-8)5-10-7/h2,6-7,9H,1,3,5H2. The van der Waals surface area contributed by atoms with Crippen molar-refractivity contribution < 1.29 is 0 Å². The maximum Gasteiger partial charge on any atom is 0.105 e. The van der Waals surface area contributed by atoms with E-state index >= 15 is 0 Å². The summed E-state index contributed by atoms with van der Waals surface area (Å²) in [5.74, 6) is 0.912. The van der Waals surface area contributed by atoms with Crippen molar-refractivity contribution in [1.29, 1.82) is 5.26 Å². The first kappa shape index (κ1) is 7.64. The first-order valence-corrected chi connectivity index (χ1v) is 4.30. The van der Waals surface area contributed by atoms with Gasteiger partial charge in [0.2, 0.25) is 0 Å². The first-order chi connectivity index (χ1) is 4.86. The Morgan fingerprint density at radius 1 is 1.90 bits per heavy atom. The maximum absolute atomic E-state index is 8.50. The Bertz CT molecular complexity index is 161. The highest BCUT2D eigenvalue weighted by molar-refractivity contribution is 8.00. The van der Waals surface area contributed by atoms with Crippen molar-refractivity contribution in [1.82, 2.24) is 5.32 Å². The van der Waals surface area contributed by atoms with Crippen LogP contribution in [0.2, 0.25) is 0 Å². The lowest BCUT2D eigenvalue weighted by molar-refractivity contribution is 0.651. The Kier molecular flexibility index (Phi) is 2.79. The smallest absolute Gasteiger partial charge is 0.105 e. The predicted octanol–water partition coefficient (Wildman–Crippen LogP) is 1.12. The molecular formula is C7H10N2S. The largest absolute Gasteiger partial charge is 0.289 e. The van der Waals surface area contributed by atoms with Gasteiger partial charge in [-0.2, -0.15) is 5.26 Å². The summed E-state index contributed by atoms with van der Waals surface area (Å²) in [4.78, 5) is 0. The van der Waals surface area contributed by atoms with E-state index < -0.39 is 0 Å². The van der Waals surface area contributed by atoms with Crippen molar-refractivity contribution in [2.24, 2.45) is 0 Å². The molecule has 2 nitrogen and oxygen atoms in total. The van der Waals surface area contributed by atoms with Crippen molar-refractivity contribution >= 4 is 11.8 Å². The molecule has 0 aromatic heterocycles. The number of nitriles is 1. The zero-order chi connectivity index (χ0) is 7.40. The van der Waals surface area contributed by atoms with Gasteiger partial charge in [-0.3, -0.25) is 5.32 Å². The Hall–Kier alpha value is -0.460. The number of hydrogen-bond acceptors (Lipinski definition) is 3. The Labute approximate surface area is 65.3 Å². The third-order valence-electron chi connectivity index (χ3n) is 1.39. The van der Waals surface area contributed by atoms with E-state index in [1.165, 1.54) is 0 Å². The zero-order valence-electron chi connectivity index (χ0n) is 5.71. The van der Waals surface area contributed by atoms with Gasteiger partial charge in [-0.15, -0.1) is 18.3 Å². The second-order valence-corrected chi connectivity index (χ2v) is 3.43. The fourth-order valence-corrected chi connectivity index (χ4v) is 2.02. The van der Waals surface area contributed by atoms with E-state index in [2.05, 4.69) is 18.0 Å². The summed E-state index contributed by atoms with van der Waals surface area (Å²) in [6.07, 6.45) is 2.83. The lowest BCUT2D eigenvalue weighted by atomic mass is 10.3. The molecule has 54 valence electrons. The molecule has 2 unspecified atom stereocenters. The van der Waals surface area contributed by atoms with Crippen LogP contribution in [0, 0.1) is 11.3 Å². The first-order valence-electron chi connectivity index (χ1n) is 3.25. The second kappa shape index (κ2) is 3.65. The highest BCUT2D eigenvalue weighted by atomic mass is 32.2. The lowest BCUT2D eigenvalue weighted by Gasteiger charge is -2.04. The SMILES string of the molecule is C=CCC1NC(C#N)CS1. The number of rotatable bonds is 2. The zero-order valence-corrected chi connectivity index (χ0v) is 6.53. The molecule has 0 aromatic carbocycles. The molecule has 1 N–H and O–H groups in total. The molecule has 1 rings (SSSR count). The van der Waals surface area contributed by atoms with Gasteiger partial charge in [0.25, 0.3) is 0 Å². The van der Waals surface area contributed by atoms with Gasteiger partial charge in [-0.25, -0.2) is 0 Å². The molecule has 10 heavy (non-hydrogen) atoms. The Balaban J connectivity index is 2.30. The lowest BCUT2D eigenvalue weighted by Crippen LogP contribution is -2.27. The fraction of sp³-hybridized carbons (Fsp3) is 0.571. The van der Waals surface area contributed by atoms with Crippen molar-refractivity contribution in [2.45, 2.75) is 17.8 Å². The van der Waals surface area contributed by atoms with Crippen LogP contribution >= 0.6 is 11.8 Å². The fourth-order valence-electron chi connectivity index (χ4n) is 0.895. The van der Waals surface area contributed by atoms with Gasteiger partial charge in [0, 0.05) is 5.75 Å². The van der Waals surface area contributed by atoms with Crippen molar-refractivity contribution in [3.05, 3.63) is 12.7 Å².